The third kappa shape index (κ3) is 11.5. The number of aromatic nitrogens is 5. The van der Waals surface area contributed by atoms with Crippen LogP contribution in [0.2, 0.25) is 0 Å². The zero-order valence-corrected chi connectivity index (χ0v) is 32.6. The highest BCUT2D eigenvalue weighted by atomic mass is 16.6. The first-order valence-electron chi connectivity index (χ1n) is 18.7. The Hall–Kier alpha value is -5.92. The summed E-state index contributed by atoms with van der Waals surface area (Å²) < 4.78 is 5.50. The summed E-state index contributed by atoms with van der Waals surface area (Å²) in [6.07, 6.45) is 4.56. The number of carbonyl (C=O) groups excluding carboxylic acids is 4. The van der Waals surface area contributed by atoms with E-state index in [0.717, 1.165) is 33.7 Å². The topological polar surface area (TPSA) is 199 Å². The molecule has 5 aromatic rings. The van der Waals surface area contributed by atoms with E-state index in [4.69, 9.17) is 4.74 Å². The van der Waals surface area contributed by atoms with Crippen LogP contribution in [-0.2, 0) is 44.9 Å². The van der Waals surface area contributed by atoms with Gasteiger partial charge >= 0.3 is 6.09 Å². The molecule has 3 atom stereocenters. The van der Waals surface area contributed by atoms with Gasteiger partial charge in [-0.2, -0.15) is 0 Å². The first-order chi connectivity index (χ1) is 26.1. The molecule has 292 valence electrons. The van der Waals surface area contributed by atoms with E-state index in [9.17, 15) is 19.2 Å². The summed E-state index contributed by atoms with van der Waals surface area (Å²) in [4.78, 5) is 74.1. The number of fused-ring (bicyclic) bond motifs is 1. The number of nitrogens with zero attached hydrogens (tertiary/aromatic N) is 2. The van der Waals surface area contributed by atoms with Crippen molar-refractivity contribution in [3.8, 4) is 0 Å². The number of para-hydroxylation sites is 1. The Morgan fingerprint density at radius 2 is 1.22 bits per heavy atom. The zero-order chi connectivity index (χ0) is 39.7. The van der Waals surface area contributed by atoms with Crippen molar-refractivity contribution in [3.05, 3.63) is 107 Å². The number of nitrogens with one attached hydrogen (secondary N) is 7. The molecule has 0 bridgehead atoms. The maximum atomic E-state index is 14.4. The van der Waals surface area contributed by atoms with Crippen molar-refractivity contribution in [2.75, 3.05) is 0 Å². The minimum absolute atomic E-state index is 0.0503. The fraction of sp³-hybridized carbons (Fsp3) is 0.415. The van der Waals surface area contributed by atoms with Crippen LogP contribution in [-0.4, -0.2) is 72.5 Å². The second-order valence-electron chi connectivity index (χ2n) is 15.4. The number of aromatic amines is 3. The van der Waals surface area contributed by atoms with Crippen LogP contribution >= 0.6 is 0 Å². The van der Waals surface area contributed by atoms with Crippen LogP contribution in [0.3, 0.4) is 0 Å². The predicted octanol–water partition coefficient (Wildman–Crippen LogP) is 5.07. The van der Waals surface area contributed by atoms with Crippen LogP contribution in [0.5, 0.6) is 0 Å². The van der Waals surface area contributed by atoms with Gasteiger partial charge in [-0.1, -0.05) is 76.2 Å². The molecule has 0 aliphatic carbocycles. The molecule has 3 aromatic heterocycles. The van der Waals surface area contributed by atoms with E-state index >= 15 is 0 Å². The molecule has 0 unspecified atom stereocenters. The van der Waals surface area contributed by atoms with Crippen LogP contribution in [0, 0.1) is 0 Å². The molecule has 0 saturated heterocycles. The summed E-state index contributed by atoms with van der Waals surface area (Å²) in [5, 5.41) is 12.4. The van der Waals surface area contributed by atoms with Gasteiger partial charge in [-0.25, -0.2) is 14.8 Å². The third-order valence-electron chi connectivity index (χ3n) is 8.92. The Morgan fingerprint density at radius 3 is 1.76 bits per heavy atom. The van der Waals surface area contributed by atoms with Crippen molar-refractivity contribution in [2.45, 2.75) is 110 Å². The number of amides is 4. The lowest BCUT2D eigenvalue weighted by Gasteiger charge is -2.26. The maximum absolute atomic E-state index is 14.4. The van der Waals surface area contributed by atoms with Crippen LogP contribution in [0.25, 0.3) is 10.9 Å². The maximum Gasteiger partial charge on any atom is 0.408 e. The van der Waals surface area contributed by atoms with Gasteiger partial charge in [0.15, 0.2) is 0 Å². The molecule has 3 heterocycles. The molecule has 0 radical (unpaired) electrons. The lowest BCUT2D eigenvalue weighted by molar-refractivity contribution is -0.132. The molecule has 7 N–H and O–H groups in total. The number of carbonyl (C=O) groups is 4. The molecule has 14 nitrogen and oxygen atoms in total. The average molecular weight is 752 g/mol. The minimum atomic E-state index is -1.15. The Morgan fingerprint density at radius 1 is 0.691 bits per heavy atom. The average Bonchev–Trinajstić information content (AvgIpc) is 3.90. The molecule has 2 aromatic carbocycles. The number of alkyl carbamates (subject to hydrolysis) is 1. The van der Waals surface area contributed by atoms with E-state index in [0.29, 0.717) is 11.4 Å². The molecule has 4 amide bonds. The Kier molecular flexibility index (Phi) is 13.1. The number of imidazole rings is 2. The van der Waals surface area contributed by atoms with Crippen molar-refractivity contribution in [3.63, 3.8) is 0 Å². The summed E-state index contributed by atoms with van der Waals surface area (Å²) in [6, 6.07) is 13.8. The fourth-order valence-electron chi connectivity index (χ4n) is 6.04. The Balaban J connectivity index is 1.43. The van der Waals surface area contributed by atoms with Gasteiger partial charge in [0.05, 0.1) is 0 Å². The smallest absolute Gasteiger partial charge is 0.408 e. The molecule has 55 heavy (non-hydrogen) atoms. The molecule has 0 saturated carbocycles. The van der Waals surface area contributed by atoms with E-state index in [2.05, 4.69) is 46.2 Å². The Labute approximate surface area is 321 Å². The first-order valence-corrected chi connectivity index (χ1v) is 18.7. The zero-order valence-electron chi connectivity index (χ0n) is 32.6. The van der Waals surface area contributed by atoms with E-state index in [-0.39, 0.29) is 37.6 Å². The Bertz CT molecular complexity index is 2060. The van der Waals surface area contributed by atoms with Gasteiger partial charge in [0, 0.05) is 78.5 Å². The largest absolute Gasteiger partial charge is 0.444 e. The fourth-order valence-corrected chi connectivity index (χ4v) is 6.04. The second-order valence-corrected chi connectivity index (χ2v) is 15.4. The van der Waals surface area contributed by atoms with E-state index in [1.165, 1.54) is 0 Å². The van der Waals surface area contributed by atoms with Crippen molar-refractivity contribution in [1.82, 2.24) is 46.2 Å². The van der Waals surface area contributed by atoms with Gasteiger partial charge in [-0.3, -0.25) is 14.4 Å². The van der Waals surface area contributed by atoms with Crippen molar-refractivity contribution in [1.29, 1.82) is 0 Å². The van der Waals surface area contributed by atoms with Crippen molar-refractivity contribution in [2.24, 2.45) is 0 Å². The predicted molar refractivity (Wildman–Crippen MR) is 210 cm³/mol. The number of hydrogen-bond acceptors (Lipinski definition) is 7. The molecule has 5 rings (SSSR count). The van der Waals surface area contributed by atoms with Crippen LogP contribution in [0.15, 0.2) is 73.2 Å². The van der Waals surface area contributed by atoms with Gasteiger partial charge in [0.2, 0.25) is 17.7 Å². The monoisotopic (exact) mass is 751 g/mol. The van der Waals surface area contributed by atoms with Gasteiger partial charge in [-0.15, -0.1) is 0 Å². The van der Waals surface area contributed by atoms with E-state index < -0.39 is 47.5 Å². The SMILES string of the molecule is CC(C)c1ncc(C[C@H](NC(=O)OC(C)(C)C)C(=O)N[C@@H](Cc2c[nH]c3ccccc23)C(=O)N[C@@H](Cc2cnc(C(C)C)[nH]2)C(=O)NCc2ccccc2)[nH]1. The summed E-state index contributed by atoms with van der Waals surface area (Å²) in [5.41, 5.74) is 3.02. The summed E-state index contributed by atoms with van der Waals surface area (Å²) >= 11 is 0. The highest BCUT2D eigenvalue weighted by Gasteiger charge is 2.32. The summed E-state index contributed by atoms with van der Waals surface area (Å²) in [7, 11) is 0. The number of ether oxygens (including phenoxy) is 1. The molecule has 0 aliphatic heterocycles. The van der Waals surface area contributed by atoms with E-state index in [1.54, 1.807) is 39.4 Å². The molecule has 0 aliphatic rings. The summed E-state index contributed by atoms with van der Waals surface area (Å²) in [6.45, 7) is 13.4. The lowest BCUT2D eigenvalue weighted by atomic mass is 10.0. The quantitative estimate of drug-likeness (QED) is 0.0730. The highest BCUT2D eigenvalue weighted by molar-refractivity contribution is 5.95. The molecule has 14 heteroatoms. The first kappa shape index (κ1) is 40.3. The van der Waals surface area contributed by atoms with Gasteiger partial charge in [0.1, 0.15) is 35.4 Å². The third-order valence-corrected chi connectivity index (χ3v) is 8.92. The van der Waals surface area contributed by atoms with Gasteiger partial charge < -0.3 is 41.0 Å². The summed E-state index contributed by atoms with van der Waals surface area (Å²) in [5.74, 6) is 0.132. The number of H-pyrrole nitrogens is 3. The minimum Gasteiger partial charge on any atom is -0.444 e. The molecule has 0 spiro atoms. The van der Waals surface area contributed by atoms with Crippen molar-refractivity contribution < 1.29 is 23.9 Å². The van der Waals surface area contributed by atoms with Gasteiger partial charge in [0.25, 0.3) is 0 Å². The normalized spacial score (nSPS) is 13.3. The van der Waals surface area contributed by atoms with Crippen LogP contribution in [0.1, 0.15) is 94.5 Å². The van der Waals surface area contributed by atoms with E-state index in [1.807, 2.05) is 82.3 Å². The highest BCUT2D eigenvalue weighted by Crippen LogP contribution is 2.20. The standard InChI is InChI=1S/C41H53N9O5/c1-24(2)35-43-22-28(46-35)18-33(37(51)45-20-26-13-9-8-10-14-26)49-38(52)32(17-27-21-42-31-16-12-11-15-30(27)31)48-39(53)34(50-40(54)55-41(5,6)7)19-29-23-44-36(47-29)25(3)4/h8-16,21-25,32-34,42H,17-20H2,1-7H3,(H,43,46)(H,44,47)(H,45,51)(H,48,53)(H,49,52)(H,50,54)/t32-,33-,34-/m0/s1. The lowest BCUT2D eigenvalue weighted by Crippen LogP contribution is -2.58. The number of hydrogen-bond donors (Lipinski definition) is 7. The number of benzene rings is 2. The number of rotatable bonds is 16. The van der Waals surface area contributed by atoms with Crippen LogP contribution < -0.4 is 21.3 Å². The van der Waals surface area contributed by atoms with Crippen LogP contribution in [0.4, 0.5) is 4.79 Å². The van der Waals surface area contributed by atoms with Gasteiger partial charge in [-0.05, 0) is 38.0 Å². The second kappa shape index (κ2) is 17.9. The molecular formula is C41H53N9O5. The molecule has 0 fully saturated rings. The van der Waals surface area contributed by atoms with Crippen molar-refractivity contribution >= 4 is 34.7 Å². The molecular weight excluding hydrogens is 699 g/mol.